The van der Waals surface area contributed by atoms with Crippen LogP contribution in [0.15, 0.2) is 59.5 Å². The van der Waals surface area contributed by atoms with Crippen LogP contribution in [0.25, 0.3) is 28.0 Å². The minimum atomic E-state index is -4.70. The molecule has 1 aromatic carbocycles. The number of halogens is 3. The van der Waals surface area contributed by atoms with E-state index in [2.05, 4.69) is 11.1 Å². The summed E-state index contributed by atoms with van der Waals surface area (Å²) < 4.78 is 66.5. The molecule has 0 spiro atoms. The lowest BCUT2D eigenvalue weighted by molar-refractivity contribution is -0.147. The Hall–Kier alpha value is -3.42. The average Bonchev–Trinajstić information content (AvgIpc) is 2.99. The van der Waals surface area contributed by atoms with E-state index in [0.717, 1.165) is 18.3 Å². The average molecular weight is 458 g/mol. The van der Waals surface area contributed by atoms with Gasteiger partial charge in [0.15, 0.2) is 0 Å². The number of rotatable bonds is 5. The zero-order valence-corrected chi connectivity index (χ0v) is 17.8. The predicted octanol–water partition coefficient (Wildman–Crippen LogP) is 4.52. The van der Waals surface area contributed by atoms with Crippen LogP contribution < -0.4 is 4.72 Å². The number of hydrogen-bond donors (Lipinski definition) is 1. The fourth-order valence-electron chi connectivity index (χ4n) is 3.38. The smallest absolute Gasteiger partial charge is 0.293 e. The summed E-state index contributed by atoms with van der Waals surface area (Å²) in [5, 5.41) is 10.5. The molecule has 0 bridgehead atoms. The van der Waals surface area contributed by atoms with Gasteiger partial charge in [-0.15, -0.1) is 0 Å². The van der Waals surface area contributed by atoms with Crippen molar-refractivity contribution in [1.29, 1.82) is 5.26 Å². The van der Waals surface area contributed by atoms with Crippen LogP contribution in [0.4, 0.5) is 13.2 Å². The molecule has 1 unspecified atom stereocenters. The van der Waals surface area contributed by atoms with Crippen LogP contribution in [-0.2, 0) is 10.0 Å². The summed E-state index contributed by atoms with van der Waals surface area (Å²) >= 11 is 0. The summed E-state index contributed by atoms with van der Waals surface area (Å²) in [5.41, 5.74) is 3.58. The van der Waals surface area contributed by atoms with Gasteiger partial charge in [0, 0.05) is 22.3 Å². The van der Waals surface area contributed by atoms with Gasteiger partial charge in [-0.3, -0.25) is 4.57 Å². The Morgan fingerprint density at radius 3 is 2.34 bits per heavy atom. The highest BCUT2D eigenvalue weighted by Gasteiger charge is 2.38. The van der Waals surface area contributed by atoms with E-state index in [4.69, 9.17) is 0 Å². The van der Waals surface area contributed by atoms with Crippen LogP contribution in [-0.4, -0.2) is 30.2 Å². The highest BCUT2D eigenvalue weighted by molar-refractivity contribution is 7.89. The molecular formula is C22H17F3N4O2S. The van der Waals surface area contributed by atoms with E-state index in [1.54, 1.807) is 16.9 Å². The normalized spacial score (nSPS) is 14.7. The van der Waals surface area contributed by atoms with Gasteiger partial charge in [-0.1, -0.05) is 18.2 Å². The molecule has 164 valence electrons. The van der Waals surface area contributed by atoms with Crippen molar-refractivity contribution >= 4 is 26.8 Å². The van der Waals surface area contributed by atoms with Crippen molar-refractivity contribution < 1.29 is 21.6 Å². The van der Waals surface area contributed by atoms with Crippen molar-refractivity contribution in [3.63, 3.8) is 0 Å². The number of nitrogens with zero attached hydrogens (tertiary/aromatic N) is 3. The molecule has 2 heterocycles. The number of sulfonamides is 1. The first-order chi connectivity index (χ1) is 15.0. The van der Waals surface area contributed by atoms with Crippen LogP contribution in [0.2, 0.25) is 0 Å². The molecule has 0 saturated carbocycles. The van der Waals surface area contributed by atoms with Gasteiger partial charge in [0.05, 0.1) is 16.2 Å². The zero-order valence-electron chi connectivity index (χ0n) is 17.0. The number of alkyl halides is 3. The maximum Gasteiger partial charge on any atom is 0.404 e. The number of fused-ring (bicyclic) bond motifs is 1. The monoisotopic (exact) mass is 458 g/mol. The first-order valence-electron chi connectivity index (χ1n) is 9.53. The summed E-state index contributed by atoms with van der Waals surface area (Å²) in [7, 11) is -4.38. The van der Waals surface area contributed by atoms with Gasteiger partial charge in [-0.2, -0.15) is 23.2 Å². The Labute approximate surface area is 182 Å². The zero-order chi connectivity index (χ0) is 23.3. The van der Waals surface area contributed by atoms with Gasteiger partial charge >= 0.3 is 6.18 Å². The highest BCUT2D eigenvalue weighted by atomic mass is 32.2. The first kappa shape index (κ1) is 21.8. The van der Waals surface area contributed by atoms with Crippen molar-refractivity contribution in [2.45, 2.75) is 31.0 Å². The fraction of sp³-hybridized carbons (Fsp3) is 0.182. The second-order valence-corrected chi connectivity index (χ2v) is 9.07. The number of pyridine rings is 1. The van der Waals surface area contributed by atoms with E-state index in [0.29, 0.717) is 27.9 Å². The van der Waals surface area contributed by atoms with Gasteiger partial charge < -0.3 is 0 Å². The number of allylic oxidation sites excluding steroid dienone is 4. The second-order valence-electron chi connectivity index (χ2n) is 7.35. The van der Waals surface area contributed by atoms with Gasteiger partial charge in [-0.25, -0.2) is 13.4 Å². The van der Waals surface area contributed by atoms with Crippen molar-refractivity contribution in [2.75, 3.05) is 0 Å². The van der Waals surface area contributed by atoms with Crippen molar-refractivity contribution in [1.82, 2.24) is 14.3 Å². The van der Waals surface area contributed by atoms with Gasteiger partial charge in [0.2, 0.25) is 10.0 Å². The van der Waals surface area contributed by atoms with E-state index in [9.17, 15) is 26.9 Å². The highest BCUT2D eigenvalue weighted by Crippen LogP contribution is 2.37. The fourth-order valence-corrected chi connectivity index (χ4v) is 4.61. The Morgan fingerprint density at radius 2 is 1.81 bits per heavy atom. The van der Waals surface area contributed by atoms with Crippen LogP contribution >= 0.6 is 0 Å². The Balaban J connectivity index is 1.82. The third-order valence-corrected chi connectivity index (χ3v) is 6.68. The molecule has 6 nitrogen and oxygen atoms in total. The standard InChI is InChI=1S/C22H17F3N4O2S/c1-13-6-11-18-19(12-26)20(29(21(18)27-13)16-4-3-5-16)15-7-9-17(10-8-15)32(30,31)28-14(2)22(23,24)25/h3-11,14,28H,1-2H3. The molecule has 0 amide bonds. The summed E-state index contributed by atoms with van der Waals surface area (Å²) in [6.07, 6.45) is 0.853. The molecule has 0 aliphatic heterocycles. The number of benzene rings is 1. The van der Waals surface area contributed by atoms with Crippen LogP contribution in [0.5, 0.6) is 0 Å². The van der Waals surface area contributed by atoms with Crippen LogP contribution in [0.3, 0.4) is 0 Å². The minimum Gasteiger partial charge on any atom is -0.293 e. The topological polar surface area (TPSA) is 87.8 Å². The maximum absolute atomic E-state index is 12.8. The number of aromatic nitrogens is 2. The minimum absolute atomic E-state index is 0.310. The van der Waals surface area contributed by atoms with Crippen LogP contribution in [0, 0.1) is 18.3 Å². The second kappa shape index (κ2) is 7.62. The molecule has 1 N–H and O–H groups in total. The molecule has 0 fully saturated rings. The summed E-state index contributed by atoms with van der Waals surface area (Å²) in [5.74, 6) is 0. The maximum atomic E-state index is 12.8. The lowest BCUT2D eigenvalue weighted by Gasteiger charge is -2.18. The summed E-state index contributed by atoms with van der Waals surface area (Å²) in [6.45, 7) is 2.57. The molecule has 32 heavy (non-hydrogen) atoms. The van der Waals surface area contributed by atoms with E-state index < -0.39 is 22.2 Å². The number of hydrogen-bond acceptors (Lipinski definition) is 4. The molecule has 0 radical (unpaired) electrons. The molecule has 2 aromatic heterocycles. The number of nitrogens with one attached hydrogen (secondary N) is 1. The molecule has 10 heteroatoms. The van der Waals surface area contributed by atoms with Gasteiger partial charge in [0.25, 0.3) is 0 Å². The third kappa shape index (κ3) is 3.70. The van der Waals surface area contributed by atoms with E-state index >= 15 is 0 Å². The van der Waals surface area contributed by atoms with Gasteiger partial charge in [-0.05, 0) is 50.3 Å². The molecule has 1 aliphatic rings. The Kier molecular flexibility index (Phi) is 5.19. The first-order valence-corrected chi connectivity index (χ1v) is 11.0. The van der Waals surface area contributed by atoms with E-state index in [1.165, 1.54) is 24.3 Å². The van der Waals surface area contributed by atoms with Crippen molar-refractivity contribution in [3.8, 4) is 17.3 Å². The third-order valence-electron chi connectivity index (χ3n) is 5.12. The SMILES string of the molecule is Cc1ccc2c(C#N)c(-c3ccc(S(=O)(=O)NC(C)C(F)(F)F)cc3)n(C3=CC=C3)c2n1. The summed E-state index contributed by atoms with van der Waals surface area (Å²) in [4.78, 5) is 4.26. The lowest BCUT2D eigenvalue weighted by atomic mass is 10.1. The van der Waals surface area contributed by atoms with Crippen molar-refractivity contribution in [3.05, 3.63) is 65.9 Å². The molecule has 0 saturated heterocycles. The lowest BCUT2D eigenvalue weighted by Crippen LogP contribution is -2.42. The molecular weight excluding hydrogens is 441 g/mol. The quantitative estimate of drug-likeness (QED) is 0.609. The summed E-state index contributed by atoms with van der Waals surface area (Å²) in [6, 6.07) is 8.94. The predicted molar refractivity (Wildman–Crippen MR) is 114 cm³/mol. The van der Waals surface area contributed by atoms with E-state index in [-0.39, 0.29) is 4.90 Å². The number of aryl methyl sites for hydroxylation is 1. The van der Waals surface area contributed by atoms with Crippen LogP contribution in [0.1, 0.15) is 18.2 Å². The molecule has 4 rings (SSSR count). The van der Waals surface area contributed by atoms with Crippen molar-refractivity contribution in [2.24, 2.45) is 0 Å². The van der Waals surface area contributed by atoms with E-state index in [1.807, 2.05) is 29.7 Å². The number of nitriles is 1. The molecule has 3 aromatic rings. The van der Waals surface area contributed by atoms with Gasteiger partial charge in [0.1, 0.15) is 17.8 Å². The largest absolute Gasteiger partial charge is 0.404 e. The Morgan fingerprint density at radius 1 is 1.16 bits per heavy atom. The Bertz CT molecular complexity index is 1430. The molecule has 1 atom stereocenters. The molecule has 1 aliphatic carbocycles.